The van der Waals surface area contributed by atoms with E-state index in [1.807, 2.05) is 27.2 Å². The Labute approximate surface area is 403 Å². The maximum absolute atomic E-state index is 12.9. The van der Waals surface area contributed by atoms with Crippen molar-refractivity contribution in [1.29, 1.82) is 0 Å². The fourth-order valence-corrected chi connectivity index (χ4v) is 8.63. The number of rotatable bonds is 50. The Balaban J connectivity index is 4.34. The lowest BCUT2D eigenvalue weighted by atomic mass is 10.0. The van der Waals surface area contributed by atoms with Crippen molar-refractivity contribution in [3.8, 4) is 0 Å². The first kappa shape index (κ1) is 63.5. The van der Waals surface area contributed by atoms with Crippen molar-refractivity contribution in [1.82, 2.24) is 5.32 Å². The van der Waals surface area contributed by atoms with Crippen LogP contribution in [0.25, 0.3) is 0 Å². The third kappa shape index (κ3) is 50.2. The molecule has 0 radical (unpaired) electrons. The number of carbonyl (C=O) groups excluding carboxylic acids is 1. The van der Waals surface area contributed by atoms with Gasteiger partial charge in [-0.2, -0.15) is 0 Å². The highest BCUT2D eigenvalue weighted by molar-refractivity contribution is 7.47. The quantitative estimate of drug-likeness (QED) is 0.0243. The molecule has 3 N–H and O–H groups in total. The van der Waals surface area contributed by atoms with Crippen LogP contribution in [0.4, 0.5) is 0 Å². The van der Waals surface area contributed by atoms with Gasteiger partial charge in [0.15, 0.2) is 0 Å². The molecule has 382 valence electrons. The summed E-state index contributed by atoms with van der Waals surface area (Å²) in [5.74, 6) is -0.198. The van der Waals surface area contributed by atoms with Gasteiger partial charge in [-0.05, 0) is 70.6 Å². The number of carbonyl (C=O) groups is 1. The molecule has 0 spiro atoms. The Morgan fingerprint density at radius 3 is 1.23 bits per heavy atom. The van der Waals surface area contributed by atoms with Crippen molar-refractivity contribution in [2.45, 2.75) is 264 Å². The highest BCUT2D eigenvalue weighted by Gasteiger charge is 2.27. The van der Waals surface area contributed by atoms with E-state index in [1.165, 1.54) is 173 Å². The molecule has 0 aromatic rings. The first-order valence-electron chi connectivity index (χ1n) is 27.5. The predicted molar refractivity (Wildman–Crippen MR) is 281 cm³/mol. The third-order valence-corrected chi connectivity index (χ3v) is 13.2. The van der Waals surface area contributed by atoms with Crippen LogP contribution in [-0.2, 0) is 18.4 Å². The number of aliphatic hydroxyl groups is 1. The van der Waals surface area contributed by atoms with Crippen LogP contribution in [0.3, 0.4) is 0 Å². The minimum absolute atomic E-state index is 0.0514. The summed E-state index contributed by atoms with van der Waals surface area (Å²) in [4.78, 5) is 23.2. The number of likely N-dealkylation sites (N-methyl/N-ethyl adjacent to an activating group) is 1. The lowest BCUT2D eigenvalue weighted by Gasteiger charge is -2.25. The second-order valence-electron chi connectivity index (χ2n) is 19.9. The zero-order valence-electron chi connectivity index (χ0n) is 43.5. The molecule has 0 aliphatic heterocycles. The van der Waals surface area contributed by atoms with Crippen LogP contribution >= 0.6 is 7.82 Å². The molecule has 0 saturated heterocycles. The van der Waals surface area contributed by atoms with Gasteiger partial charge in [-0.25, -0.2) is 4.57 Å². The average molecular weight is 936 g/mol. The molecule has 0 aliphatic rings. The maximum Gasteiger partial charge on any atom is 0.472 e. The van der Waals surface area contributed by atoms with Gasteiger partial charge in [0, 0.05) is 6.42 Å². The minimum Gasteiger partial charge on any atom is -0.387 e. The second kappa shape index (κ2) is 47.5. The predicted octanol–water partition coefficient (Wildman–Crippen LogP) is 16.4. The SMILES string of the molecule is CCCCCCCCCCC/C=C\CCCCCCCC(=O)NC(COP(=O)(O)OCC[N+](C)(C)C)C(O)/C=C/CC/C=C/CC/C=C/CCCCCCCCCCCCCCCCC. The Bertz CT molecular complexity index is 1200. The molecule has 0 aromatic heterocycles. The molecule has 0 aliphatic carbocycles. The molecule has 0 heterocycles. The van der Waals surface area contributed by atoms with Crippen molar-refractivity contribution < 1.29 is 32.9 Å². The van der Waals surface area contributed by atoms with Crippen LogP contribution in [0.5, 0.6) is 0 Å². The summed E-state index contributed by atoms with van der Waals surface area (Å²) in [5.41, 5.74) is 0. The molecule has 8 nitrogen and oxygen atoms in total. The summed E-state index contributed by atoms with van der Waals surface area (Å²) in [6, 6.07) is -0.875. The van der Waals surface area contributed by atoms with Gasteiger partial charge in [-0.15, -0.1) is 0 Å². The lowest BCUT2D eigenvalue weighted by Crippen LogP contribution is -2.45. The van der Waals surface area contributed by atoms with E-state index in [-0.39, 0.29) is 19.1 Å². The number of phosphoric acid groups is 1. The third-order valence-electron chi connectivity index (χ3n) is 12.2. The highest BCUT2D eigenvalue weighted by Crippen LogP contribution is 2.43. The fraction of sp³-hybridized carbons (Fsp3) is 0.839. The molecule has 1 amide bonds. The smallest absolute Gasteiger partial charge is 0.387 e. The van der Waals surface area contributed by atoms with Crippen LogP contribution in [0.15, 0.2) is 48.6 Å². The van der Waals surface area contributed by atoms with Gasteiger partial charge >= 0.3 is 7.82 Å². The zero-order chi connectivity index (χ0) is 47.8. The zero-order valence-corrected chi connectivity index (χ0v) is 44.4. The number of unbranched alkanes of at least 4 members (excludes halogenated alkanes) is 31. The van der Waals surface area contributed by atoms with Gasteiger partial charge in [-0.3, -0.25) is 13.8 Å². The Morgan fingerprint density at radius 2 is 0.846 bits per heavy atom. The molecule has 0 bridgehead atoms. The average Bonchev–Trinajstić information content (AvgIpc) is 3.26. The van der Waals surface area contributed by atoms with Gasteiger partial charge in [0.25, 0.3) is 0 Å². The maximum atomic E-state index is 12.9. The van der Waals surface area contributed by atoms with E-state index in [9.17, 15) is 19.4 Å². The monoisotopic (exact) mass is 936 g/mol. The number of hydrogen-bond acceptors (Lipinski definition) is 5. The van der Waals surface area contributed by atoms with Gasteiger partial charge < -0.3 is 19.8 Å². The molecule has 65 heavy (non-hydrogen) atoms. The summed E-state index contributed by atoms with van der Waals surface area (Å²) < 4.78 is 23.6. The summed E-state index contributed by atoms with van der Waals surface area (Å²) in [7, 11) is 1.54. The van der Waals surface area contributed by atoms with Gasteiger partial charge in [0.1, 0.15) is 13.2 Å². The minimum atomic E-state index is -4.36. The summed E-state index contributed by atoms with van der Waals surface area (Å²) in [6.07, 6.45) is 62.1. The van der Waals surface area contributed by atoms with Crippen molar-refractivity contribution >= 4 is 13.7 Å². The fourth-order valence-electron chi connectivity index (χ4n) is 7.89. The number of phosphoric ester groups is 1. The van der Waals surface area contributed by atoms with E-state index >= 15 is 0 Å². The number of quaternary nitrogens is 1. The van der Waals surface area contributed by atoms with Crippen LogP contribution in [0, 0.1) is 0 Å². The topological polar surface area (TPSA) is 105 Å². The molecule has 9 heteroatoms. The highest BCUT2D eigenvalue weighted by atomic mass is 31.2. The molecular weight excluding hydrogens is 828 g/mol. The molecule has 0 aromatic carbocycles. The molecule has 3 atom stereocenters. The van der Waals surface area contributed by atoms with E-state index < -0.39 is 20.0 Å². The number of aliphatic hydroxyl groups excluding tert-OH is 1. The van der Waals surface area contributed by atoms with Crippen LogP contribution < -0.4 is 5.32 Å². The molecular formula is C56H108N2O6P+. The molecule has 0 fully saturated rings. The van der Waals surface area contributed by atoms with E-state index in [4.69, 9.17) is 9.05 Å². The number of nitrogens with one attached hydrogen (secondary N) is 1. The molecule has 0 saturated carbocycles. The Hall–Kier alpha value is -1.54. The van der Waals surface area contributed by atoms with Crippen molar-refractivity contribution in [3.05, 3.63) is 48.6 Å². The van der Waals surface area contributed by atoms with Crippen LogP contribution in [-0.4, -0.2) is 73.4 Å². The van der Waals surface area contributed by atoms with Gasteiger partial charge in [-0.1, -0.05) is 223 Å². The molecule has 0 rings (SSSR count). The summed E-state index contributed by atoms with van der Waals surface area (Å²) >= 11 is 0. The van der Waals surface area contributed by atoms with E-state index in [0.29, 0.717) is 17.4 Å². The van der Waals surface area contributed by atoms with Gasteiger partial charge in [0.05, 0.1) is 39.9 Å². The van der Waals surface area contributed by atoms with Crippen molar-refractivity contribution in [2.24, 2.45) is 0 Å². The Morgan fingerprint density at radius 1 is 0.508 bits per heavy atom. The largest absolute Gasteiger partial charge is 0.472 e. The van der Waals surface area contributed by atoms with Crippen molar-refractivity contribution in [2.75, 3.05) is 40.9 Å². The van der Waals surface area contributed by atoms with Crippen molar-refractivity contribution in [3.63, 3.8) is 0 Å². The number of nitrogens with zero attached hydrogens (tertiary/aromatic N) is 1. The van der Waals surface area contributed by atoms with Crippen LogP contribution in [0.1, 0.15) is 251 Å². The normalized spacial score (nSPS) is 14.4. The number of allylic oxidation sites excluding steroid dienone is 7. The summed E-state index contributed by atoms with van der Waals surface area (Å²) in [6.45, 7) is 4.80. The number of hydrogen-bond donors (Lipinski definition) is 3. The van der Waals surface area contributed by atoms with Gasteiger partial charge in [0.2, 0.25) is 5.91 Å². The van der Waals surface area contributed by atoms with Crippen LogP contribution in [0.2, 0.25) is 0 Å². The molecule has 3 unspecified atom stereocenters. The lowest BCUT2D eigenvalue weighted by molar-refractivity contribution is -0.870. The van der Waals surface area contributed by atoms with E-state index in [0.717, 1.165) is 57.8 Å². The second-order valence-corrected chi connectivity index (χ2v) is 21.4. The van der Waals surface area contributed by atoms with E-state index in [1.54, 1.807) is 6.08 Å². The first-order chi connectivity index (χ1) is 31.5. The van der Waals surface area contributed by atoms with E-state index in [2.05, 4.69) is 55.6 Å². The first-order valence-corrected chi connectivity index (χ1v) is 29.0. The summed E-state index contributed by atoms with van der Waals surface area (Å²) in [5, 5.41) is 13.9. The number of amides is 1. The standard InChI is InChI=1S/C56H107N2O6P/c1-6-8-10-12-14-16-18-20-22-24-26-27-28-29-30-31-32-33-35-37-39-41-43-45-47-49-55(59)54(53-64-65(61,62)63-52-51-58(3,4)5)57-56(60)50-48-46-44-42-40-38-36-34-25-23-21-19-17-15-13-11-9-7-2/h32-34,36,39,41,47,49,54-55,59H,6-31,35,37-38,40,42-46,48,50-53H2,1-5H3,(H-,57,60,61,62)/p+1/b33-32+,36-34-,41-39+,49-47+. The Kier molecular flexibility index (Phi) is 46.4.